The largest absolute Gasteiger partial charge is 0.495 e. The van der Waals surface area contributed by atoms with Gasteiger partial charge < -0.3 is 28.8 Å². The van der Waals surface area contributed by atoms with Crippen LogP contribution >= 0.6 is 0 Å². The van der Waals surface area contributed by atoms with Crippen LogP contribution in [0, 0.1) is 13.8 Å². The minimum absolute atomic E-state index is 0.285. The molecule has 182 valence electrons. The molecule has 2 aromatic rings. The Balaban J connectivity index is 0.000000172. The van der Waals surface area contributed by atoms with Crippen LogP contribution in [-0.4, -0.2) is 48.7 Å². The number of hydrogen-bond acceptors (Lipinski definition) is 6. The zero-order valence-electron chi connectivity index (χ0n) is 21.2. The molecule has 0 aliphatic carbocycles. The third kappa shape index (κ3) is 4.74. The molecule has 1 saturated heterocycles. The van der Waals surface area contributed by atoms with E-state index in [-0.39, 0.29) is 18.3 Å². The van der Waals surface area contributed by atoms with Gasteiger partial charge in [-0.1, -0.05) is 12.1 Å². The highest BCUT2D eigenvalue weighted by Gasteiger charge is 2.52. The fourth-order valence-corrected chi connectivity index (χ4v) is 4.76. The molecule has 0 bridgehead atoms. The SMILES string of the molecule is Cc1c(B(O)O)ccc2c1CCCO2.Cc1c(B2OC(C)(C)C(C)(C)O2)ccc2c1CCCO2. The van der Waals surface area contributed by atoms with Gasteiger partial charge in [0.1, 0.15) is 11.5 Å². The molecule has 0 saturated carbocycles. The molecule has 8 heteroatoms. The van der Waals surface area contributed by atoms with Gasteiger partial charge in [0.2, 0.25) is 0 Å². The Hall–Kier alpha value is -1.99. The summed E-state index contributed by atoms with van der Waals surface area (Å²) in [4.78, 5) is 0. The van der Waals surface area contributed by atoms with Crippen molar-refractivity contribution in [2.75, 3.05) is 13.2 Å². The van der Waals surface area contributed by atoms with E-state index in [0.29, 0.717) is 5.46 Å². The van der Waals surface area contributed by atoms with Gasteiger partial charge in [0, 0.05) is 0 Å². The molecule has 3 aliphatic rings. The number of benzene rings is 2. The Morgan fingerprint density at radius 3 is 1.79 bits per heavy atom. The van der Waals surface area contributed by atoms with Crippen LogP contribution in [0.1, 0.15) is 62.8 Å². The first-order valence-corrected chi connectivity index (χ1v) is 12.2. The van der Waals surface area contributed by atoms with E-state index in [1.54, 1.807) is 6.07 Å². The number of hydrogen-bond donors (Lipinski definition) is 2. The van der Waals surface area contributed by atoms with Crippen LogP contribution in [0.5, 0.6) is 11.5 Å². The predicted octanol–water partition coefficient (Wildman–Crippen LogP) is 2.62. The van der Waals surface area contributed by atoms with Gasteiger partial charge in [-0.25, -0.2) is 0 Å². The number of ether oxygens (including phenoxy) is 2. The molecule has 0 unspecified atom stereocenters. The molecule has 3 heterocycles. The van der Waals surface area contributed by atoms with Gasteiger partial charge in [-0.15, -0.1) is 0 Å². The Morgan fingerprint density at radius 1 is 0.765 bits per heavy atom. The first-order valence-electron chi connectivity index (χ1n) is 12.2. The lowest BCUT2D eigenvalue weighted by molar-refractivity contribution is 0.00578. The number of rotatable bonds is 2. The van der Waals surface area contributed by atoms with Crippen LogP contribution < -0.4 is 20.4 Å². The van der Waals surface area contributed by atoms with Crippen LogP contribution in [0.4, 0.5) is 0 Å². The highest BCUT2D eigenvalue weighted by Crippen LogP contribution is 2.37. The smallest absolute Gasteiger partial charge is 0.493 e. The predicted molar refractivity (Wildman–Crippen MR) is 136 cm³/mol. The Labute approximate surface area is 203 Å². The zero-order valence-corrected chi connectivity index (χ0v) is 21.2. The lowest BCUT2D eigenvalue weighted by Gasteiger charge is -2.32. The van der Waals surface area contributed by atoms with E-state index in [0.717, 1.165) is 67.0 Å². The number of fused-ring (bicyclic) bond motifs is 2. The van der Waals surface area contributed by atoms with Gasteiger partial charge >= 0.3 is 14.2 Å². The summed E-state index contributed by atoms with van der Waals surface area (Å²) in [6.07, 6.45) is 4.12. The summed E-state index contributed by atoms with van der Waals surface area (Å²) in [6.45, 7) is 14.0. The van der Waals surface area contributed by atoms with Gasteiger partial charge in [0.15, 0.2) is 0 Å². The molecule has 6 nitrogen and oxygen atoms in total. The van der Waals surface area contributed by atoms with Crippen LogP contribution in [0.2, 0.25) is 0 Å². The van der Waals surface area contributed by atoms with Crippen molar-refractivity contribution in [3.05, 3.63) is 46.5 Å². The standard InChI is InChI=1S/C16H23BO3.C10H13BO3/c1-11-12-7-6-10-18-14(12)9-8-13(11)17-19-15(2,3)16(4,5)20-17;1-7-8-3-2-6-14-10(8)5-4-9(7)11(12)13/h8-9H,6-7,10H2,1-5H3;4-5,12-13H,2-3,6H2,1H3. The van der Waals surface area contributed by atoms with Crippen molar-refractivity contribution in [3.63, 3.8) is 0 Å². The van der Waals surface area contributed by atoms with Gasteiger partial charge in [-0.3, -0.25) is 0 Å². The van der Waals surface area contributed by atoms with Crippen LogP contribution in [0.15, 0.2) is 24.3 Å². The Kier molecular flexibility index (Phi) is 7.07. The molecule has 2 aromatic carbocycles. The molecule has 3 aliphatic heterocycles. The van der Waals surface area contributed by atoms with Gasteiger partial charge in [-0.2, -0.15) is 0 Å². The fourth-order valence-electron chi connectivity index (χ4n) is 4.76. The molecule has 0 atom stereocenters. The topological polar surface area (TPSA) is 77.4 Å². The molecular formula is C26H36B2O6. The van der Waals surface area contributed by atoms with Crippen LogP contribution in [-0.2, 0) is 22.2 Å². The normalized spacial score (nSPS) is 19.7. The Bertz CT molecular complexity index is 1030. The minimum atomic E-state index is -1.39. The maximum absolute atomic E-state index is 9.12. The Morgan fingerprint density at radius 2 is 1.26 bits per heavy atom. The van der Waals surface area contributed by atoms with Crippen LogP contribution in [0.3, 0.4) is 0 Å². The van der Waals surface area contributed by atoms with Crippen molar-refractivity contribution in [1.82, 2.24) is 0 Å². The summed E-state index contributed by atoms with van der Waals surface area (Å²) in [7, 11) is -1.67. The summed E-state index contributed by atoms with van der Waals surface area (Å²) in [6, 6.07) is 7.67. The fraction of sp³-hybridized carbons (Fsp3) is 0.538. The monoisotopic (exact) mass is 466 g/mol. The quantitative estimate of drug-likeness (QED) is 0.664. The van der Waals surface area contributed by atoms with E-state index in [1.807, 2.05) is 13.0 Å². The molecule has 0 spiro atoms. The van der Waals surface area contributed by atoms with Gasteiger partial charge in [-0.05, 0) is 113 Å². The molecule has 34 heavy (non-hydrogen) atoms. The lowest BCUT2D eigenvalue weighted by Crippen LogP contribution is -2.41. The maximum Gasteiger partial charge on any atom is 0.495 e. The summed E-state index contributed by atoms with van der Waals surface area (Å²) >= 11 is 0. The van der Waals surface area contributed by atoms with Crippen molar-refractivity contribution < 1.29 is 28.8 Å². The van der Waals surface area contributed by atoms with E-state index in [9.17, 15) is 0 Å². The van der Waals surface area contributed by atoms with Crippen molar-refractivity contribution in [2.24, 2.45) is 0 Å². The first-order chi connectivity index (χ1) is 16.0. The van der Waals surface area contributed by atoms with Gasteiger partial charge in [0.05, 0.1) is 24.4 Å². The highest BCUT2D eigenvalue weighted by molar-refractivity contribution is 6.62. The first kappa shape index (κ1) is 25.1. The van der Waals surface area contributed by atoms with E-state index < -0.39 is 7.12 Å². The van der Waals surface area contributed by atoms with Crippen molar-refractivity contribution in [3.8, 4) is 11.5 Å². The molecular weight excluding hydrogens is 430 g/mol. The van der Waals surface area contributed by atoms with Crippen molar-refractivity contribution >= 4 is 25.2 Å². The van der Waals surface area contributed by atoms with Crippen molar-refractivity contribution in [2.45, 2.75) is 78.4 Å². The molecule has 2 N–H and O–H groups in total. The second-order valence-electron chi connectivity index (χ2n) is 10.4. The molecule has 5 rings (SSSR count). The lowest BCUT2D eigenvalue weighted by atomic mass is 9.74. The summed E-state index contributed by atoms with van der Waals surface area (Å²) < 4.78 is 23.5. The molecule has 1 fully saturated rings. The maximum atomic E-state index is 9.12. The third-order valence-corrected chi connectivity index (χ3v) is 7.64. The zero-order chi connectivity index (χ0) is 24.7. The third-order valence-electron chi connectivity index (χ3n) is 7.64. The van der Waals surface area contributed by atoms with Crippen molar-refractivity contribution in [1.29, 1.82) is 0 Å². The molecule has 0 aromatic heterocycles. The highest BCUT2D eigenvalue weighted by atomic mass is 16.7. The summed E-state index contributed by atoms with van der Waals surface area (Å²) in [5, 5.41) is 18.2. The minimum Gasteiger partial charge on any atom is -0.493 e. The summed E-state index contributed by atoms with van der Waals surface area (Å²) in [5.41, 5.74) is 5.73. The second-order valence-corrected chi connectivity index (χ2v) is 10.4. The molecule has 0 radical (unpaired) electrons. The van der Waals surface area contributed by atoms with E-state index >= 15 is 0 Å². The summed E-state index contributed by atoms with van der Waals surface area (Å²) in [5.74, 6) is 1.91. The second kappa shape index (κ2) is 9.57. The van der Waals surface area contributed by atoms with Gasteiger partial charge in [0.25, 0.3) is 0 Å². The van der Waals surface area contributed by atoms with Crippen LogP contribution in [0.25, 0.3) is 0 Å². The average Bonchev–Trinajstić information content (AvgIpc) is 3.01. The average molecular weight is 466 g/mol. The van der Waals surface area contributed by atoms with E-state index in [2.05, 4.69) is 46.8 Å². The van der Waals surface area contributed by atoms with E-state index in [1.165, 1.54) is 11.1 Å². The van der Waals surface area contributed by atoms with E-state index in [4.69, 9.17) is 28.8 Å². The molecule has 0 amide bonds.